The van der Waals surface area contributed by atoms with Crippen molar-refractivity contribution in [3.63, 3.8) is 0 Å². The van der Waals surface area contributed by atoms with Crippen molar-refractivity contribution in [2.45, 2.75) is 12.8 Å². The highest BCUT2D eigenvalue weighted by Gasteiger charge is 1.93. The molecule has 0 aromatic carbocycles. The van der Waals surface area contributed by atoms with Gasteiger partial charge in [-0.15, -0.1) is 0 Å². The zero-order chi connectivity index (χ0) is 8.81. The minimum Gasteiger partial charge on any atom is -0.370 e. The molecule has 1 aromatic rings. The van der Waals surface area contributed by atoms with Gasteiger partial charge < -0.3 is 11.5 Å². The fourth-order valence-corrected chi connectivity index (χ4v) is 0.806. The molecule has 1 aromatic heterocycles. The van der Waals surface area contributed by atoms with E-state index in [2.05, 4.69) is 20.2 Å². The zero-order valence-electron chi connectivity index (χ0n) is 6.70. The van der Waals surface area contributed by atoms with Gasteiger partial charge >= 0.3 is 0 Å². The van der Waals surface area contributed by atoms with E-state index in [1.54, 1.807) is 0 Å². The van der Waals surface area contributed by atoms with Crippen LogP contribution in [0, 0.1) is 0 Å². The van der Waals surface area contributed by atoms with Gasteiger partial charge in [-0.25, -0.2) is 4.98 Å². The molecular formula is C6H12N6. The Labute approximate surface area is 70.1 Å². The first-order valence-electron chi connectivity index (χ1n) is 3.68. The molecule has 0 amide bonds. The van der Waals surface area contributed by atoms with E-state index >= 15 is 0 Å². The van der Waals surface area contributed by atoms with Gasteiger partial charge in [0.1, 0.15) is 12.2 Å². The quantitative estimate of drug-likeness (QED) is 0.305. The maximum Gasteiger partial charge on any atom is 0.185 e. The van der Waals surface area contributed by atoms with Gasteiger partial charge in [-0.3, -0.25) is 10.1 Å². The monoisotopic (exact) mass is 168 g/mol. The van der Waals surface area contributed by atoms with Gasteiger partial charge in [0.25, 0.3) is 0 Å². The second-order valence-electron chi connectivity index (χ2n) is 2.34. The summed E-state index contributed by atoms with van der Waals surface area (Å²) >= 11 is 0. The molecular weight excluding hydrogens is 156 g/mol. The van der Waals surface area contributed by atoms with Crippen molar-refractivity contribution in [3.05, 3.63) is 12.2 Å². The van der Waals surface area contributed by atoms with E-state index in [-0.39, 0.29) is 5.96 Å². The molecule has 0 spiro atoms. The number of rotatable bonds is 4. The third-order valence-electron chi connectivity index (χ3n) is 1.33. The van der Waals surface area contributed by atoms with E-state index in [0.717, 1.165) is 18.7 Å². The number of hydrogen-bond donors (Lipinski definition) is 3. The highest BCUT2D eigenvalue weighted by atomic mass is 15.2. The molecule has 0 saturated carbocycles. The molecule has 0 atom stereocenters. The van der Waals surface area contributed by atoms with Gasteiger partial charge in [0.2, 0.25) is 0 Å². The number of H-pyrrole nitrogens is 1. The number of guanidine groups is 1. The second-order valence-corrected chi connectivity index (χ2v) is 2.34. The van der Waals surface area contributed by atoms with Crippen LogP contribution in [0.5, 0.6) is 0 Å². The van der Waals surface area contributed by atoms with Crippen molar-refractivity contribution in [2.75, 3.05) is 6.54 Å². The third-order valence-corrected chi connectivity index (χ3v) is 1.33. The molecule has 0 fully saturated rings. The van der Waals surface area contributed by atoms with Crippen molar-refractivity contribution >= 4 is 5.96 Å². The van der Waals surface area contributed by atoms with Crippen molar-refractivity contribution in [1.29, 1.82) is 0 Å². The summed E-state index contributed by atoms with van der Waals surface area (Å²) in [6.45, 7) is 0.628. The lowest BCUT2D eigenvalue weighted by molar-refractivity contribution is 0.784. The zero-order valence-corrected chi connectivity index (χ0v) is 6.70. The first kappa shape index (κ1) is 8.51. The maximum absolute atomic E-state index is 5.14. The van der Waals surface area contributed by atoms with Crippen molar-refractivity contribution < 1.29 is 0 Å². The number of aromatic nitrogens is 3. The van der Waals surface area contributed by atoms with Crippen LogP contribution in [-0.2, 0) is 6.42 Å². The van der Waals surface area contributed by atoms with E-state index < -0.39 is 0 Å². The molecule has 6 heteroatoms. The van der Waals surface area contributed by atoms with Crippen LogP contribution in [0.4, 0.5) is 0 Å². The second kappa shape index (κ2) is 4.32. The predicted molar refractivity (Wildman–Crippen MR) is 45.4 cm³/mol. The number of aryl methyl sites for hydroxylation is 1. The fraction of sp³-hybridized carbons (Fsp3) is 0.500. The third kappa shape index (κ3) is 3.00. The Morgan fingerprint density at radius 1 is 1.58 bits per heavy atom. The average molecular weight is 168 g/mol. The van der Waals surface area contributed by atoms with Crippen LogP contribution in [0.15, 0.2) is 11.3 Å². The molecule has 0 aliphatic heterocycles. The van der Waals surface area contributed by atoms with Gasteiger partial charge in [-0.2, -0.15) is 5.10 Å². The summed E-state index contributed by atoms with van der Waals surface area (Å²) in [5.41, 5.74) is 10.3. The molecule has 0 radical (unpaired) electrons. The van der Waals surface area contributed by atoms with E-state index in [1.165, 1.54) is 6.33 Å². The number of nitrogens with two attached hydrogens (primary N) is 2. The lowest BCUT2D eigenvalue weighted by Gasteiger charge is -1.93. The first-order valence-corrected chi connectivity index (χ1v) is 3.68. The number of aromatic amines is 1. The fourth-order valence-electron chi connectivity index (χ4n) is 0.806. The van der Waals surface area contributed by atoms with Crippen LogP contribution in [-0.4, -0.2) is 27.7 Å². The Morgan fingerprint density at radius 3 is 3.00 bits per heavy atom. The van der Waals surface area contributed by atoms with Crippen LogP contribution in [0.3, 0.4) is 0 Å². The van der Waals surface area contributed by atoms with E-state index in [4.69, 9.17) is 11.5 Å². The smallest absolute Gasteiger partial charge is 0.185 e. The standard InChI is InChI=1S/C6H12N6/c7-6(8)9-3-1-2-5-10-4-11-12-5/h4H,1-3H2,(H4,7,8,9)(H,10,11,12). The summed E-state index contributed by atoms with van der Waals surface area (Å²) in [4.78, 5) is 7.79. The highest BCUT2D eigenvalue weighted by Crippen LogP contribution is 1.92. The van der Waals surface area contributed by atoms with E-state index in [9.17, 15) is 0 Å². The molecule has 0 aliphatic rings. The molecule has 0 saturated heterocycles. The Kier molecular flexibility index (Phi) is 3.06. The van der Waals surface area contributed by atoms with Gasteiger partial charge in [0.15, 0.2) is 5.96 Å². The van der Waals surface area contributed by atoms with Gasteiger partial charge in [-0.05, 0) is 6.42 Å². The average Bonchev–Trinajstić information content (AvgIpc) is 2.49. The van der Waals surface area contributed by atoms with Gasteiger partial charge in [0, 0.05) is 13.0 Å². The Hall–Kier alpha value is -1.59. The summed E-state index contributed by atoms with van der Waals surface area (Å²) in [5, 5.41) is 6.47. The summed E-state index contributed by atoms with van der Waals surface area (Å²) in [7, 11) is 0. The van der Waals surface area contributed by atoms with Gasteiger partial charge in [-0.1, -0.05) is 0 Å². The first-order chi connectivity index (χ1) is 5.79. The number of aliphatic imine (C=N–C) groups is 1. The predicted octanol–water partition coefficient (Wildman–Crippen LogP) is -0.989. The van der Waals surface area contributed by atoms with Crippen LogP contribution in [0.2, 0.25) is 0 Å². The molecule has 1 heterocycles. The van der Waals surface area contributed by atoms with Crippen LogP contribution in [0.1, 0.15) is 12.2 Å². The number of nitrogens with one attached hydrogen (secondary N) is 1. The summed E-state index contributed by atoms with van der Waals surface area (Å²) in [6, 6.07) is 0. The molecule has 6 nitrogen and oxygen atoms in total. The molecule has 1 rings (SSSR count). The van der Waals surface area contributed by atoms with Crippen LogP contribution < -0.4 is 11.5 Å². The SMILES string of the molecule is NC(N)=NCCCc1ncn[nH]1. The minimum atomic E-state index is 0.132. The summed E-state index contributed by atoms with van der Waals surface area (Å²) < 4.78 is 0. The van der Waals surface area contributed by atoms with Crippen molar-refractivity contribution in [1.82, 2.24) is 15.2 Å². The molecule has 0 unspecified atom stereocenters. The summed E-state index contributed by atoms with van der Waals surface area (Å²) in [5.74, 6) is 0.994. The Balaban J connectivity index is 2.16. The number of hydrogen-bond acceptors (Lipinski definition) is 3. The molecule has 12 heavy (non-hydrogen) atoms. The summed E-state index contributed by atoms with van der Waals surface area (Å²) in [6.07, 6.45) is 3.17. The van der Waals surface area contributed by atoms with Gasteiger partial charge in [0.05, 0.1) is 0 Å². The lowest BCUT2D eigenvalue weighted by atomic mass is 10.3. The minimum absolute atomic E-state index is 0.132. The number of nitrogens with zero attached hydrogens (tertiary/aromatic N) is 3. The normalized spacial score (nSPS) is 9.67. The van der Waals surface area contributed by atoms with Crippen LogP contribution >= 0.6 is 0 Å². The highest BCUT2D eigenvalue weighted by molar-refractivity contribution is 5.75. The van der Waals surface area contributed by atoms with E-state index in [1.807, 2.05) is 0 Å². The molecule has 5 N–H and O–H groups in total. The van der Waals surface area contributed by atoms with Crippen molar-refractivity contribution in [3.8, 4) is 0 Å². The molecule has 66 valence electrons. The largest absolute Gasteiger partial charge is 0.370 e. The Morgan fingerprint density at radius 2 is 2.42 bits per heavy atom. The topological polar surface area (TPSA) is 106 Å². The Bertz CT molecular complexity index is 235. The maximum atomic E-state index is 5.14. The lowest BCUT2D eigenvalue weighted by Crippen LogP contribution is -2.23. The van der Waals surface area contributed by atoms with E-state index in [0.29, 0.717) is 6.54 Å². The molecule has 0 aliphatic carbocycles. The molecule has 0 bridgehead atoms. The van der Waals surface area contributed by atoms with Crippen LogP contribution in [0.25, 0.3) is 0 Å². The van der Waals surface area contributed by atoms with Crippen molar-refractivity contribution in [2.24, 2.45) is 16.5 Å².